The van der Waals surface area contributed by atoms with Gasteiger partial charge in [0.2, 0.25) is 0 Å². The Morgan fingerprint density at radius 1 is 1.29 bits per heavy atom. The SMILES string of the molecule is CCCc1nc(N)c(C)c(Nc2cc(Cl)c(C)cc2Br)n1. The lowest BCUT2D eigenvalue weighted by molar-refractivity contribution is 0.836. The molecule has 0 saturated heterocycles. The Labute approximate surface area is 138 Å². The van der Waals surface area contributed by atoms with Gasteiger partial charge < -0.3 is 11.1 Å². The molecule has 0 bridgehead atoms. The zero-order chi connectivity index (χ0) is 15.6. The van der Waals surface area contributed by atoms with Crippen LogP contribution in [0.2, 0.25) is 5.02 Å². The molecule has 1 aromatic heterocycles. The largest absolute Gasteiger partial charge is 0.383 e. The minimum absolute atomic E-state index is 0.505. The molecule has 0 amide bonds. The van der Waals surface area contributed by atoms with E-state index < -0.39 is 0 Å². The van der Waals surface area contributed by atoms with Crippen molar-refractivity contribution in [2.45, 2.75) is 33.6 Å². The van der Waals surface area contributed by atoms with Crippen LogP contribution in [0.3, 0.4) is 0 Å². The first-order valence-electron chi connectivity index (χ1n) is 6.78. The maximum Gasteiger partial charge on any atom is 0.139 e. The molecule has 2 rings (SSSR count). The summed E-state index contributed by atoms with van der Waals surface area (Å²) in [6, 6.07) is 3.84. The van der Waals surface area contributed by atoms with E-state index in [9.17, 15) is 0 Å². The quantitative estimate of drug-likeness (QED) is 0.813. The molecular weight excluding hydrogens is 352 g/mol. The minimum Gasteiger partial charge on any atom is -0.383 e. The molecule has 6 heteroatoms. The Kier molecular flexibility index (Phi) is 5.06. The molecule has 3 N–H and O–H groups in total. The molecule has 1 heterocycles. The van der Waals surface area contributed by atoms with Crippen LogP contribution in [0.1, 0.15) is 30.3 Å². The van der Waals surface area contributed by atoms with Gasteiger partial charge >= 0.3 is 0 Å². The first-order chi connectivity index (χ1) is 9.92. The normalized spacial score (nSPS) is 10.7. The van der Waals surface area contributed by atoms with Crippen molar-refractivity contribution in [2.75, 3.05) is 11.1 Å². The first kappa shape index (κ1) is 16.0. The van der Waals surface area contributed by atoms with Gasteiger partial charge in [0.15, 0.2) is 0 Å². The van der Waals surface area contributed by atoms with Gasteiger partial charge in [-0.2, -0.15) is 0 Å². The lowest BCUT2D eigenvalue weighted by Gasteiger charge is -2.14. The maximum absolute atomic E-state index is 6.19. The predicted molar refractivity (Wildman–Crippen MR) is 92.3 cm³/mol. The van der Waals surface area contributed by atoms with Gasteiger partial charge in [0.05, 0.1) is 5.69 Å². The molecule has 0 saturated carbocycles. The summed E-state index contributed by atoms with van der Waals surface area (Å²) in [5.41, 5.74) is 8.67. The number of aromatic nitrogens is 2. The van der Waals surface area contributed by atoms with Gasteiger partial charge in [0.25, 0.3) is 0 Å². The van der Waals surface area contributed by atoms with E-state index in [1.165, 1.54) is 0 Å². The van der Waals surface area contributed by atoms with E-state index in [1.807, 2.05) is 26.0 Å². The van der Waals surface area contributed by atoms with Gasteiger partial charge in [-0.3, -0.25) is 0 Å². The zero-order valence-corrected chi connectivity index (χ0v) is 14.6. The number of nitrogens with two attached hydrogens (primary N) is 1. The van der Waals surface area contributed by atoms with Gasteiger partial charge in [-0.25, -0.2) is 9.97 Å². The predicted octanol–water partition coefficient (Wildman–Crippen LogP) is 4.79. The van der Waals surface area contributed by atoms with Crippen LogP contribution in [-0.4, -0.2) is 9.97 Å². The van der Waals surface area contributed by atoms with Crippen LogP contribution in [0, 0.1) is 13.8 Å². The molecular formula is C15H18BrClN4. The summed E-state index contributed by atoms with van der Waals surface area (Å²) >= 11 is 9.72. The molecule has 1 aromatic carbocycles. The fourth-order valence-corrected chi connectivity index (χ4v) is 2.63. The number of aryl methyl sites for hydroxylation is 2. The number of hydrogen-bond acceptors (Lipinski definition) is 4. The fraction of sp³-hybridized carbons (Fsp3) is 0.333. The smallest absolute Gasteiger partial charge is 0.139 e. The van der Waals surface area contributed by atoms with Crippen molar-refractivity contribution < 1.29 is 0 Å². The van der Waals surface area contributed by atoms with Crippen molar-refractivity contribution in [2.24, 2.45) is 0 Å². The van der Waals surface area contributed by atoms with Crippen LogP contribution in [0.25, 0.3) is 0 Å². The van der Waals surface area contributed by atoms with Crippen LogP contribution >= 0.6 is 27.5 Å². The van der Waals surface area contributed by atoms with Crippen molar-refractivity contribution in [3.8, 4) is 0 Å². The van der Waals surface area contributed by atoms with E-state index in [1.54, 1.807) is 0 Å². The van der Waals surface area contributed by atoms with Crippen LogP contribution in [0.15, 0.2) is 16.6 Å². The van der Waals surface area contributed by atoms with Crippen molar-refractivity contribution in [3.63, 3.8) is 0 Å². The third kappa shape index (κ3) is 3.66. The molecule has 21 heavy (non-hydrogen) atoms. The third-order valence-corrected chi connectivity index (χ3v) is 4.27. The average Bonchev–Trinajstić information content (AvgIpc) is 2.42. The highest BCUT2D eigenvalue weighted by molar-refractivity contribution is 9.10. The van der Waals surface area contributed by atoms with Crippen molar-refractivity contribution in [1.29, 1.82) is 0 Å². The highest BCUT2D eigenvalue weighted by atomic mass is 79.9. The number of benzene rings is 1. The summed E-state index contributed by atoms with van der Waals surface area (Å²) in [5, 5.41) is 3.99. The molecule has 0 spiro atoms. The monoisotopic (exact) mass is 368 g/mol. The highest BCUT2D eigenvalue weighted by Crippen LogP contribution is 2.32. The number of nitrogen functional groups attached to an aromatic ring is 1. The maximum atomic E-state index is 6.19. The highest BCUT2D eigenvalue weighted by Gasteiger charge is 2.11. The summed E-state index contributed by atoms with van der Waals surface area (Å²) in [4.78, 5) is 8.85. The van der Waals surface area contributed by atoms with E-state index in [4.69, 9.17) is 17.3 Å². The Bertz CT molecular complexity index is 673. The van der Waals surface area contributed by atoms with Gasteiger partial charge in [-0.1, -0.05) is 18.5 Å². The summed E-state index contributed by atoms with van der Waals surface area (Å²) in [5.74, 6) is 1.97. The van der Waals surface area contributed by atoms with Gasteiger partial charge in [0, 0.05) is 21.5 Å². The topological polar surface area (TPSA) is 63.8 Å². The standard InChI is InChI=1S/C15H18BrClN4/c1-4-5-13-20-14(18)9(3)15(21-13)19-12-7-11(17)8(2)6-10(12)16/h6-7H,4-5H2,1-3H3,(H3,18,19,20,21). The number of nitrogens with zero attached hydrogens (tertiary/aromatic N) is 2. The van der Waals surface area contributed by atoms with Crippen LogP contribution in [-0.2, 0) is 6.42 Å². The average molecular weight is 370 g/mol. The molecule has 112 valence electrons. The third-order valence-electron chi connectivity index (χ3n) is 3.20. The lowest BCUT2D eigenvalue weighted by atomic mass is 10.2. The van der Waals surface area contributed by atoms with E-state index in [0.29, 0.717) is 16.7 Å². The van der Waals surface area contributed by atoms with Crippen LogP contribution in [0.4, 0.5) is 17.3 Å². The van der Waals surface area contributed by atoms with Gasteiger partial charge in [-0.15, -0.1) is 0 Å². The lowest BCUT2D eigenvalue weighted by Crippen LogP contribution is -2.07. The van der Waals surface area contributed by atoms with Gasteiger partial charge in [-0.05, 0) is 53.9 Å². The van der Waals surface area contributed by atoms with E-state index in [-0.39, 0.29) is 0 Å². The number of hydrogen-bond donors (Lipinski definition) is 2. The second kappa shape index (κ2) is 6.62. The van der Waals surface area contributed by atoms with E-state index in [0.717, 1.165) is 40.0 Å². The van der Waals surface area contributed by atoms with Crippen LogP contribution < -0.4 is 11.1 Å². The Morgan fingerprint density at radius 3 is 2.67 bits per heavy atom. The van der Waals surface area contributed by atoms with E-state index in [2.05, 4.69) is 38.1 Å². The van der Waals surface area contributed by atoms with E-state index >= 15 is 0 Å². The summed E-state index contributed by atoms with van der Waals surface area (Å²) in [6.07, 6.45) is 1.77. The number of anilines is 3. The molecule has 0 aliphatic rings. The second-order valence-electron chi connectivity index (χ2n) is 4.95. The summed E-state index contributed by atoms with van der Waals surface area (Å²) < 4.78 is 0.929. The molecule has 0 atom stereocenters. The number of nitrogens with one attached hydrogen (secondary N) is 1. The second-order valence-corrected chi connectivity index (χ2v) is 6.22. The Hall–Kier alpha value is -1.33. The summed E-state index contributed by atoms with van der Waals surface area (Å²) in [6.45, 7) is 5.95. The zero-order valence-electron chi connectivity index (χ0n) is 12.3. The van der Waals surface area contributed by atoms with Crippen molar-refractivity contribution in [3.05, 3.63) is 38.6 Å². The number of rotatable bonds is 4. The Morgan fingerprint density at radius 2 is 2.00 bits per heavy atom. The van der Waals surface area contributed by atoms with Crippen molar-refractivity contribution in [1.82, 2.24) is 9.97 Å². The van der Waals surface area contributed by atoms with Gasteiger partial charge in [0.1, 0.15) is 17.5 Å². The molecule has 2 aromatic rings. The molecule has 4 nitrogen and oxygen atoms in total. The molecule has 0 unspecified atom stereocenters. The molecule has 0 radical (unpaired) electrons. The summed E-state index contributed by atoms with van der Waals surface area (Å²) in [7, 11) is 0. The number of halogens is 2. The molecule has 0 aliphatic heterocycles. The fourth-order valence-electron chi connectivity index (χ4n) is 1.91. The Balaban J connectivity index is 2.41. The molecule has 0 aliphatic carbocycles. The molecule has 0 fully saturated rings. The van der Waals surface area contributed by atoms with Crippen LogP contribution in [0.5, 0.6) is 0 Å². The van der Waals surface area contributed by atoms with Crippen molar-refractivity contribution >= 4 is 44.9 Å². The first-order valence-corrected chi connectivity index (χ1v) is 7.95. The minimum atomic E-state index is 0.505.